The third kappa shape index (κ3) is 7.72. The molecule has 0 fully saturated rings. The van der Waals surface area contributed by atoms with Gasteiger partial charge in [0.15, 0.2) is 0 Å². The number of H-pyrrole nitrogens is 1. The molecule has 0 radical (unpaired) electrons. The van der Waals surface area contributed by atoms with Crippen molar-refractivity contribution in [2.45, 2.75) is 11.8 Å². The summed E-state index contributed by atoms with van der Waals surface area (Å²) in [7, 11) is 0. The van der Waals surface area contributed by atoms with Gasteiger partial charge in [0.1, 0.15) is 11.4 Å². The number of thioether (sulfide) groups is 1. The Labute approximate surface area is 253 Å². The lowest BCUT2D eigenvalue weighted by Crippen LogP contribution is -2.30. The van der Waals surface area contributed by atoms with Crippen LogP contribution < -0.4 is 20.7 Å². The van der Waals surface area contributed by atoms with Crippen LogP contribution >= 0.6 is 11.8 Å². The summed E-state index contributed by atoms with van der Waals surface area (Å²) in [5, 5.41) is 9.45. The molecule has 0 saturated heterocycles. The van der Waals surface area contributed by atoms with Crippen LogP contribution in [0.15, 0.2) is 120 Å². The number of aromatic nitrogens is 1. The van der Waals surface area contributed by atoms with Crippen molar-refractivity contribution in [2.24, 2.45) is 0 Å². The normalized spacial score (nSPS) is 11.1. The molecule has 3 amide bonds. The van der Waals surface area contributed by atoms with Gasteiger partial charge in [-0.1, -0.05) is 48.5 Å². The van der Waals surface area contributed by atoms with Crippen molar-refractivity contribution in [3.8, 4) is 5.75 Å². The largest absolute Gasteiger partial charge is 0.492 e. The second kappa shape index (κ2) is 14.1. The quantitative estimate of drug-likeness (QED) is 0.101. The first-order chi connectivity index (χ1) is 21.0. The molecule has 0 atom stereocenters. The van der Waals surface area contributed by atoms with Crippen LogP contribution in [-0.4, -0.2) is 35.1 Å². The van der Waals surface area contributed by atoms with Gasteiger partial charge >= 0.3 is 0 Å². The minimum absolute atomic E-state index is 0.0982. The van der Waals surface area contributed by atoms with E-state index in [1.165, 1.54) is 11.8 Å². The molecule has 43 heavy (non-hydrogen) atoms. The van der Waals surface area contributed by atoms with Crippen molar-refractivity contribution in [2.75, 3.05) is 23.0 Å². The SMILES string of the molecule is CCOc1ccccc1NC(=O)CSc1ccc(NC(=O)C(=Cc2c[nH]c3ccccc23)NC(=O)c2ccccc2)cc1. The van der Waals surface area contributed by atoms with Gasteiger partial charge < -0.3 is 25.7 Å². The number of aromatic amines is 1. The Morgan fingerprint density at radius 2 is 1.56 bits per heavy atom. The topological polar surface area (TPSA) is 112 Å². The Hall–Kier alpha value is -5.28. The van der Waals surface area contributed by atoms with E-state index in [2.05, 4.69) is 20.9 Å². The monoisotopic (exact) mass is 590 g/mol. The number of anilines is 2. The maximum Gasteiger partial charge on any atom is 0.272 e. The number of rotatable bonds is 11. The van der Waals surface area contributed by atoms with E-state index < -0.39 is 11.8 Å². The van der Waals surface area contributed by atoms with Crippen molar-refractivity contribution < 1.29 is 19.1 Å². The molecule has 0 aliphatic carbocycles. The van der Waals surface area contributed by atoms with Gasteiger partial charge in [0.05, 0.1) is 18.0 Å². The Kier molecular flexibility index (Phi) is 9.56. The van der Waals surface area contributed by atoms with E-state index in [1.807, 2.05) is 67.6 Å². The second-order valence-corrected chi connectivity index (χ2v) is 10.5. The first kappa shape index (κ1) is 29.2. The summed E-state index contributed by atoms with van der Waals surface area (Å²) in [5.74, 6) is -0.190. The summed E-state index contributed by atoms with van der Waals surface area (Å²) >= 11 is 1.37. The molecule has 9 heteroatoms. The number of para-hydroxylation sites is 3. The van der Waals surface area contributed by atoms with Crippen molar-refractivity contribution in [3.05, 3.63) is 126 Å². The average molecular weight is 591 g/mol. The van der Waals surface area contributed by atoms with Crippen LogP contribution in [0.2, 0.25) is 0 Å². The minimum Gasteiger partial charge on any atom is -0.492 e. The molecule has 216 valence electrons. The molecule has 0 spiro atoms. The molecule has 4 N–H and O–H groups in total. The highest BCUT2D eigenvalue weighted by molar-refractivity contribution is 8.00. The average Bonchev–Trinajstić information content (AvgIpc) is 3.44. The third-order valence-electron chi connectivity index (χ3n) is 6.39. The molecule has 8 nitrogen and oxygen atoms in total. The van der Waals surface area contributed by atoms with E-state index in [0.717, 1.165) is 21.4 Å². The minimum atomic E-state index is -0.470. The number of hydrogen-bond acceptors (Lipinski definition) is 5. The number of nitrogens with one attached hydrogen (secondary N) is 4. The van der Waals surface area contributed by atoms with E-state index >= 15 is 0 Å². The molecule has 0 unspecified atom stereocenters. The van der Waals surface area contributed by atoms with Gasteiger partial charge in [-0.25, -0.2) is 0 Å². The maximum absolute atomic E-state index is 13.4. The smallest absolute Gasteiger partial charge is 0.272 e. The summed E-state index contributed by atoms with van der Waals surface area (Å²) in [5.41, 5.74) is 3.39. The molecule has 1 aromatic heterocycles. The van der Waals surface area contributed by atoms with Crippen LogP contribution in [0.3, 0.4) is 0 Å². The summed E-state index contributed by atoms with van der Waals surface area (Å²) in [6.07, 6.45) is 3.45. The molecule has 0 saturated carbocycles. The number of carbonyl (C=O) groups is 3. The van der Waals surface area contributed by atoms with Crippen LogP contribution in [0, 0.1) is 0 Å². The molecule has 5 aromatic rings. The van der Waals surface area contributed by atoms with Crippen molar-refractivity contribution in [3.63, 3.8) is 0 Å². The summed E-state index contributed by atoms with van der Waals surface area (Å²) in [4.78, 5) is 43.0. The van der Waals surface area contributed by atoms with Crippen LogP contribution in [0.4, 0.5) is 11.4 Å². The van der Waals surface area contributed by atoms with Gasteiger partial charge in [0.2, 0.25) is 5.91 Å². The maximum atomic E-state index is 13.4. The second-order valence-electron chi connectivity index (χ2n) is 9.41. The van der Waals surface area contributed by atoms with E-state index in [0.29, 0.717) is 29.3 Å². The predicted octanol–water partition coefficient (Wildman–Crippen LogP) is 6.71. The standard InChI is InChI=1S/C34H30N4O4S/c1-2-42-31-15-9-8-14-29(31)37-32(39)22-43-26-18-16-25(17-19-26)36-34(41)30(38-33(40)23-10-4-3-5-11-23)20-24-21-35-28-13-7-6-12-27(24)28/h3-21,35H,2,22H2,1H3,(H,36,41)(H,37,39)(H,38,40). The van der Waals surface area contributed by atoms with Crippen molar-refractivity contribution >= 4 is 57.8 Å². The van der Waals surface area contributed by atoms with E-state index in [9.17, 15) is 14.4 Å². The molecule has 4 aromatic carbocycles. The van der Waals surface area contributed by atoms with Gasteiger partial charge in [0.25, 0.3) is 11.8 Å². The van der Waals surface area contributed by atoms with Gasteiger partial charge in [-0.05, 0) is 67.6 Å². The van der Waals surface area contributed by atoms with Gasteiger partial charge in [-0.3, -0.25) is 14.4 Å². The fourth-order valence-electron chi connectivity index (χ4n) is 4.33. The van der Waals surface area contributed by atoms with Crippen molar-refractivity contribution in [1.29, 1.82) is 0 Å². The van der Waals surface area contributed by atoms with Gasteiger partial charge in [-0.2, -0.15) is 0 Å². The molecule has 0 aliphatic heterocycles. The lowest BCUT2D eigenvalue weighted by molar-refractivity contribution is -0.114. The van der Waals surface area contributed by atoms with E-state index in [1.54, 1.807) is 54.7 Å². The van der Waals surface area contributed by atoms with Crippen LogP contribution in [0.25, 0.3) is 17.0 Å². The summed E-state index contributed by atoms with van der Waals surface area (Å²) in [6.45, 7) is 2.40. The number of benzene rings is 4. The third-order valence-corrected chi connectivity index (χ3v) is 7.41. The molecule has 5 rings (SSSR count). The fraction of sp³-hybridized carbons (Fsp3) is 0.0882. The van der Waals surface area contributed by atoms with E-state index in [4.69, 9.17) is 4.74 Å². The van der Waals surface area contributed by atoms with Crippen LogP contribution in [0.1, 0.15) is 22.8 Å². The Morgan fingerprint density at radius 3 is 2.35 bits per heavy atom. The van der Waals surface area contributed by atoms with Gasteiger partial charge in [0, 0.05) is 38.8 Å². The highest BCUT2D eigenvalue weighted by atomic mass is 32.2. The number of fused-ring (bicyclic) bond motifs is 1. The fourth-order valence-corrected chi connectivity index (χ4v) is 5.03. The number of hydrogen-bond donors (Lipinski definition) is 4. The van der Waals surface area contributed by atoms with E-state index in [-0.39, 0.29) is 17.4 Å². The highest BCUT2D eigenvalue weighted by Crippen LogP contribution is 2.26. The lowest BCUT2D eigenvalue weighted by atomic mass is 10.1. The van der Waals surface area contributed by atoms with Gasteiger partial charge in [-0.15, -0.1) is 11.8 Å². The molecule has 1 heterocycles. The predicted molar refractivity (Wildman–Crippen MR) is 172 cm³/mol. The summed E-state index contributed by atoms with van der Waals surface area (Å²) in [6, 6.07) is 30.9. The molecular formula is C34H30N4O4S. The number of amides is 3. The Bertz CT molecular complexity index is 1760. The first-order valence-corrected chi connectivity index (χ1v) is 14.7. The highest BCUT2D eigenvalue weighted by Gasteiger charge is 2.16. The number of carbonyl (C=O) groups excluding carboxylic acids is 3. The number of ether oxygens (including phenoxy) is 1. The molecular weight excluding hydrogens is 560 g/mol. The zero-order valence-electron chi connectivity index (χ0n) is 23.4. The first-order valence-electron chi connectivity index (χ1n) is 13.7. The Balaban J connectivity index is 1.25. The zero-order valence-corrected chi connectivity index (χ0v) is 24.2. The Morgan fingerprint density at radius 1 is 0.837 bits per heavy atom. The zero-order chi connectivity index (χ0) is 30.0. The molecule has 0 aliphatic rings. The lowest BCUT2D eigenvalue weighted by Gasteiger charge is -2.12. The van der Waals surface area contributed by atoms with Crippen molar-refractivity contribution in [1.82, 2.24) is 10.3 Å². The van der Waals surface area contributed by atoms with Crippen LogP contribution in [-0.2, 0) is 9.59 Å². The molecule has 0 bridgehead atoms. The summed E-state index contributed by atoms with van der Waals surface area (Å²) < 4.78 is 5.57. The van der Waals surface area contributed by atoms with Crippen LogP contribution in [0.5, 0.6) is 5.75 Å².